The van der Waals surface area contributed by atoms with Crippen LogP contribution in [0.15, 0.2) is 60.7 Å². The molecule has 2 aromatic carbocycles. The summed E-state index contributed by atoms with van der Waals surface area (Å²) in [6.07, 6.45) is 0. The maximum absolute atomic E-state index is 9.50. The van der Waals surface area contributed by atoms with Crippen LogP contribution in [0.25, 0.3) is 0 Å². The zero-order valence-corrected chi connectivity index (χ0v) is 11.3. The lowest BCUT2D eigenvalue weighted by Gasteiger charge is -2.20. The maximum atomic E-state index is 9.50. The number of hydrogen-bond donors (Lipinski definition) is 2. The Morgan fingerprint density at radius 3 is 1.95 bits per heavy atom. The Hall–Kier alpha value is -1.64. The topological polar surface area (TPSA) is 32.3 Å². The average molecular weight is 255 g/mol. The van der Waals surface area contributed by atoms with E-state index >= 15 is 0 Å². The molecule has 2 aromatic rings. The zero-order valence-electron chi connectivity index (χ0n) is 11.3. The van der Waals surface area contributed by atoms with Crippen molar-refractivity contribution in [2.75, 3.05) is 13.2 Å². The predicted molar refractivity (Wildman–Crippen MR) is 79.1 cm³/mol. The molecule has 0 fully saturated rings. The maximum Gasteiger partial charge on any atom is 0.0626 e. The van der Waals surface area contributed by atoms with Gasteiger partial charge in [-0.15, -0.1) is 0 Å². The van der Waals surface area contributed by atoms with Gasteiger partial charge in [-0.25, -0.2) is 0 Å². The van der Waals surface area contributed by atoms with Crippen LogP contribution in [0.2, 0.25) is 0 Å². The highest BCUT2D eigenvalue weighted by molar-refractivity contribution is 5.21. The summed E-state index contributed by atoms with van der Waals surface area (Å²) in [7, 11) is 0. The Morgan fingerprint density at radius 1 is 0.895 bits per heavy atom. The molecule has 0 saturated heterocycles. The third-order valence-electron chi connectivity index (χ3n) is 3.42. The molecule has 2 nitrogen and oxygen atoms in total. The van der Waals surface area contributed by atoms with Crippen molar-refractivity contribution < 1.29 is 5.11 Å². The summed E-state index contributed by atoms with van der Waals surface area (Å²) >= 11 is 0. The van der Waals surface area contributed by atoms with E-state index in [-0.39, 0.29) is 12.6 Å². The molecule has 2 rings (SSSR count). The molecule has 0 spiro atoms. The second kappa shape index (κ2) is 7.07. The first-order chi connectivity index (χ1) is 9.31. The van der Waals surface area contributed by atoms with Gasteiger partial charge >= 0.3 is 0 Å². The van der Waals surface area contributed by atoms with E-state index in [9.17, 15) is 5.11 Å². The quantitative estimate of drug-likeness (QED) is 0.831. The van der Waals surface area contributed by atoms with Crippen molar-refractivity contribution in [3.8, 4) is 0 Å². The summed E-state index contributed by atoms with van der Waals surface area (Å²) in [5.41, 5.74) is 2.45. The Bertz CT molecular complexity index is 469. The summed E-state index contributed by atoms with van der Waals surface area (Å²) in [4.78, 5) is 0. The predicted octanol–water partition coefficient (Wildman–Crippen LogP) is 3.11. The van der Waals surface area contributed by atoms with E-state index in [0.717, 1.165) is 12.1 Å². The molecule has 0 radical (unpaired) electrons. The average Bonchev–Trinajstić information content (AvgIpc) is 2.49. The molecule has 0 amide bonds. The monoisotopic (exact) mass is 255 g/mol. The minimum absolute atomic E-state index is 0.00682. The fourth-order valence-corrected chi connectivity index (χ4v) is 2.19. The van der Waals surface area contributed by atoms with Gasteiger partial charge in [-0.05, 0) is 17.0 Å². The van der Waals surface area contributed by atoms with Crippen molar-refractivity contribution in [2.45, 2.75) is 18.9 Å². The summed E-state index contributed by atoms with van der Waals surface area (Å²) in [6.45, 7) is 3.16. The lowest BCUT2D eigenvalue weighted by molar-refractivity contribution is 0.243. The molecule has 0 bridgehead atoms. The minimum atomic E-state index is 0.00682. The summed E-state index contributed by atoms with van der Waals surface area (Å²) in [5, 5.41) is 12.9. The number of aliphatic hydroxyl groups is 1. The molecule has 19 heavy (non-hydrogen) atoms. The molecule has 0 heterocycles. The highest BCUT2D eigenvalue weighted by Gasteiger charge is 2.11. The van der Waals surface area contributed by atoms with Crippen LogP contribution < -0.4 is 5.32 Å². The molecule has 0 aliphatic carbocycles. The first kappa shape index (κ1) is 13.8. The third-order valence-corrected chi connectivity index (χ3v) is 3.42. The molecular formula is C17H21NO. The Balaban J connectivity index is 1.94. The lowest BCUT2D eigenvalue weighted by Crippen LogP contribution is -2.28. The largest absolute Gasteiger partial charge is 0.394 e. The first-order valence-electron chi connectivity index (χ1n) is 6.75. The molecule has 2 unspecified atom stereocenters. The molecular weight excluding hydrogens is 234 g/mol. The Morgan fingerprint density at radius 2 is 1.42 bits per heavy atom. The van der Waals surface area contributed by atoms with Crippen LogP contribution in [-0.2, 0) is 0 Å². The molecule has 0 aliphatic heterocycles. The van der Waals surface area contributed by atoms with Crippen molar-refractivity contribution in [3.05, 3.63) is 71.8 Å². The van der Waals surface area contributed by atoms with Crippen molar-refractivity contribution in [1.82, 2.24) is 5.32 Å². The van der Waals surface area contributed by atoms with E-state index in [1.165, 1.54) is 5.56 Å². The van der Waals surface area contributed by atoms with Gasteiger partial charge in [0.05, 0.1) is 12.6 Å². The van der Waals surface area contributed by atoms with Gasteiger partial charge in [0.15, 0.2) is 0 Å². The smallest absolute Gasteiger partial charge is 0.0626 e. The fraction of sp³-hybridized carbons (Fsp3) is 0.294. The third kappa shape index (κ3) is 3.91. The van der Waals surface area contributed by atoms with Crippen molar-refractivity contribution in [3.63, 3.8) is 0 Å². The van der Waals surface area contributed by atoms with E-state index in [1.807, 2.05) is 36.4 Å². The highest BCUT2D eigenvalue weighted by atomic mass is 16.3. The Kier molecular flexibility index (Phi) is 5.13. The van der Waals surface area contributed by atoms with Crippen LogP contribution >= 0.6 is 0 Å². The number of nitrogens with one attached hydrogen (secondary N) is 1. The number of hydrogen-bond acceptors (Lipinski definition) is 2. The van der Waals surface area contributed by atoms with Gasteiger partial charge in [0.2, 0.25) is 0 Å². The first-order valence-corrected chi connectivity index (χ1v) is 6.75. The standard InChI is InChI=1S/C17H21NO/c1-14(15-8-4-2-5-9-15)12-18-17(13-19)16-10-6-3-7-11-16/h2-11,14,17-19H,12-13H2,1H3. The molecule has 0 saturated carbocycles. The molecule has 2 heteroatoms. The summed E-state index contributed by atoms with van der Waals surface area (Å²) < 4.78 is 0. The van der Waals surface area contributed by atoms with Crippen molar-refractivity contribution >= 4 is 0 Å². The summed E-state index contributed by atoms with van der Waals surface area (Å²) in [6, 6.07) is 20.5. The second-order valence-corrected chi connectivity index (χ2v) is 4.87. The van der Waals surface area contributed by atoms with Crippen LogP contribution in [0.1, 0.15) is 30.0 Å². The van der Waals surface area contributed by atoms with Crippen LogP contribution in [0.5, 0.6) is 0 Å². The molecule has 2 atom stereocenters. The van der Waals surface area contributed by atoms with Gasteiger partial charge in [0.1, 0.15) is 0 Å². The van der Waals surface area contributed by atoms with E-state index in [4.69, 9.17) is 0 Å². The van der Waals surface area contributed by atoms with Crippen LogP contribution in [-0.4, -0.2) is 18.3 Å². The van der Waals surface area contributed by atoms with Gasteiger partial charge in [-0.3, -0.25) is 0 Å². The molecule has 0 aromatic heterocycles. The number of rotatable bonds is 6. The van der Waals surface area contributed by atoms with E-state index < -0.39 is 0 Å². The molecule has 2 N–H and O–H groups in total. The number of aliphatic hydroxyl groups excluding tert-OH is 1. The van der Waals surface area contributed by atoms with E-state index in [0.29, 0.717) is 5.92 Å². The van der Waals surface area contributed by atoms with Crippen LogP contribution in [0.3, 0.4) is 0 Å². The van der Waals surface area contributed by atoms with E-state index in [1.54, 1.807) is 0 Å². The van der Waals surface area contributed by atoms with E-state index in [2.05, 4.69) is 36.5 Å². The molecule has 100 valence electrons. The summed E-state index contributed by atoms with van der Waals surface area (Å²) in [5.74, 6) is 0.430. The normalized spacial score (nSPS) is 14.0. The van der Waals surface area contributed by atoms with Crippen LogP contribution in [0, 0.1) is 0 Å². The molecule has 0 aliphatic rings. The van der Waals surface area contributed by atoms with Gasteiger partial charge in [-0.2, -0.15) is 0 Å². The van der Waals surface area contributed by atoms with Crippen molar-refractivity contribution in [2.24, 2.45) is 0 Å². The van der Waals surface area contributed by atoms with Crippen LogP contribution in [0.4, 0.5) is 0 Å². The van der Waals surface area contributed by atoms with Gasteiger partial charge < -0.3 is 10.4 Å². The fourth-order valence-electron chi connectivity index (χ4n) is 2.19. The zero-order chi connectivity index (χ0) is 13.5. The lowest BCUT2D eigenvalue weighted by atomic mass is 10.0. The SMILES string of the molecule is CC(CNC(CO)c1ccccc1)c1ccccc1. The van der Waals surface area contributed by atoms with Gasteiger partial charge in [0, 0.05) is 6.54 Å². The second-order valence-electron chi connectivity index (χ2n) is 4.87. The van der Waals surface area contributed by atoms with Crippen molar-refractivity contribution in [1.29, 1.82) is 0 Å². The number of benzene rings is 2. The minimum Gasteiger partial charge on any atom is -0.394 e. The Labute approximate surface area is 115 Å². The van der Waals surface area contributed by atoms with Gasteiger partial charge in [0.25, 0.3) is 0 Å². The van der Waals surface area contributed by atoms with Gasteiger partial charge in [-0.1, -0.05) is 67.6 Å². The highest BCUT2D eigenvalue weighted by Crippen LogP contribution is 2.16.